The second-order valence-electron chi connectivity index (χ2n) is 11.2. The van der Waals surface area contributed by atoms with Crippen LogP contribution in [0.1, 0.15) is 38.7 Å². The Balaban J connectivity index is 1.30. The number of amides is 3. The molecule has 0 saturated carbocycles. The van der Waals surface area contributed by atoms with Crippen LogP contribution < -0.4 is 10.6 Å². The lowest BCUT2D eigenvalue weighted by atomic mass is 9.66. The van der Waals surface area contributed by atoms with E-state index in [1.165, 1.54) is 0 Å². The fraction of sp³-hybridized carbons (Fsp3) is 0.483. The maximum Gasteiger partial charge on any atom is 0.245 e. The largest absolute Gasteiger partial charge is 0.394 e. The summed E-state index contributed by atoms with van der Waals surface area (Å²) in [6.07, 6.45) is 1.87. The molecule has 0 aliphatic carbocycles. The topological polar surface area (TPSA) is 129 Å². The zero-order valence-electron chi connectivity index (χ0n) is 22.6. The minimum atomic E-state index is -0.810. The van der Waals surface area contributed by atoms with Crippen molar-refractivity contribution in [2.75, 3.05) is 6.61 Å². The molecule has 1 spiro atoms. The van der Waals surface area contributed by atoms with E-state index in [-0.39, 0.29) is 31.0 Å². The van der Waals surface area contributed by atoms with E-state index in [2.05, 4.69) is 27.9 Å². The highest BCUT2D eigenvalue weighted by Crippen LogP contribution is 2.71. The number of rotatable bonds is 9. The molecule has 11 heteroatoms. The third-order valence-corrected chi connectivity index (χ3v) is 10.9. The number of nitrogens with zero attached hydrogens (tertiary/aromatic N) is 4. The van der Waals surface area contributed by atoms with Gasteiger partial charge in [-0.05, 0) is 43.9 Å². The second kappa shape index (κ2) is 10.2. The average molecular weight is 563 g/mol. The third-order valence-electron chi connectivity index (χ3n) is 8.95. The monoisotopic (exact) mass is 562 g/mol. The Morgan fingerprint density at radius 2 is 1.85 bits per heavy atom. The number of aliphatic hydroxyl groups is 1. The zero-order chi connectivity index (χ0) is 28.1. The van der Waals surface area contributed by atoms with Gasteiger partial charge in [0.2, 0.25) is 17.7 Å². The maximum absolute atomic E-state index is 14.2. The molecule has 40 heavy (non-hydrogen) atoms. The molecule has 3 aromatic rings. The lowest BCUT2D eigenvalue weighted by molar-refractivity contribution is -0.143. The summed E-state index contributed by atoms with van der Waals surface area (Å²) < 4.78 is 0.402. The van der Waals surface area contributed by atoms with E-state index in [0.29, 0.717) is 19.4 Å². The summed E-state index contributed by atoms with van der Waals surface area (Å²) in [7, 11) is 0. The molecule has 0 radical (unpaired) electrons. The van der Waals surface area contributed by atoms with Crippen LogP contribution in [0.25, 0.3) is 11.0 Å². The van der Waals surface area contributed by atoms with Crippen molar-refractivity contribution >= 4 is 40.5 Å². The fourth-order valence-electron chi connectivity index (χ4n) is 7.05. The molecule has 3 aliphatic heterocycles. The first-order valence-corrected chi connectivity index (χ1v) is 14.7. The van der Waals surface area contributed by atoms with Crippen molar-refractivity contribution in [3.63, 3.8) is 0 Å². The number of thioether (sulfide) groups is 1. The molecular formula is C29H34N6O4S. The average Bonchev–Trinajstić information content (AvgIpc) is 3.67. The number of hydrogen-bond donors (Lipinski definition) is 3. The molecule has 2 aromatic carbocycles. The lowest BCUT2D eigenvalue weighted by Gasteiger charge is -2.36. The van der Waals surface area contributed by atoms with Gasteiger partial charge < -0.3 is 20.6 Å². The summed E-state index contributed by atoms with van der Waals surface area (Å²) in [5, 5.41) is 24.6. The molecule has 210 valence electrons. The SMILES string of the molecule is CC[C@@H](CO)N1C(=O)[C@@H]2[C@@H](C(=O)NCc3ccccc3)[C@@]3(C)CCC2(S3)C1C(=O)NCn1nnc2ccccc21. The molecular weight excluding hydrogens is 528 g/mol. The van der Waals surface area contributed by atoms with Gasteiger partial charge in [0.05, 0.1) is 34.7 Å². The van der Waals surface area contributed by atoms with E-state index in [1.54, 1.807) is 21.3 Å². The zero-order valence-corrected chi connectivity index (χ0v) is 23.4. The van der Waals surface area contributed by atoms with Crippen molar-refractivity contribution in [1.82, 2.24) is 30.5 Å². The maximum atomic E-state index is 14.2. The number of carbonyl (C=O) groups is 3. The molecule has 1 aromatic heterocycles. The quantitative estimate of drug-likeness (QED) is 0.364. The molecule has 3 N–H and O–H groups in total. The standard InChI is InChI=1S/C29H34N6O4S/c1-3-19(16-36)35-24(26(38)31-17-34-21-12-8-7-11-20(21)32-33-34)29-14-13-28(2,40-29)22(23(29)27(35)39)25(37)30-15-18-9-5-4-6-10-18/h4-12,19,22-24,36H,3,13-17H2,1-2H3,(H,30,37)(H,31,38)/t19-,22-,23-,24?,28+,29?/m0/s1. The van der Waals surface area contributed by atoms with Gasteiger partial charge in [0.1, 0.15) is 18.2 Å². The van der Waals surface area contributed by atoms with Crippen LogP contribution in [0.3, 0.4) is 0 Å². The molecule has 3 fully saturated rings. The molecule has 2 bridgehead atoms. The highest BCUT2D eigenvalue weighted by atomic mass is 32.2. The van der Waals surface area contributed by atoms with Crippen LogP contribution >= 0.6 is 11.8 Å². The van der Waals surface area contributed by atoms with Crippen molar-refractivity contribution in [2.45, 2.75) is 67.9 Å². The van der Waals surface area contributed by atoms with Crippen LogP contribution in [0.4, 0.5) is 0 Å². The van der Waals surface area contributed by atoms with E-state index in [9.17, 15) is 19.5 Å². The van der Waals surface area contributed by atoms with E-state index in [4.69, 9.17) is 0 Å². The molecule has 2 unspecified atom stereocenters. The summed E-state index contributed by atoms with van der Waals surface area (Å²) in [6, 6.07) is 15.9. The van der Waals surface area contributed by atoms with Crippen LogP contribution in [0.5, 0.6) is 0 Å². The van der Waals surface area contributed by atoms with Gasteiger partial charge in [-0.25, -0.2) is 4.68 Å². The minimum Gasteiger partial charge on any atom is -0.394 e. The number of nitrogens with one attached hydrogen (secondary N) is 2. The fourth-order valence-corrected chi connectivity index (χ4v) is 9.39. The predicted molar refractivity (Wildman–Crippen MR) is 151 cm³/mol. The number of carbonyl (C=O) groups excluding carboxylic acids is 3. The lowest BCUT2D eigenvalue weighted by Crippen LogP contribution is -2.56. The van der Waals surface area contributed by atoms with Crippen molar-refractivity contribution in [2.24, 2.45) is 11.8 Å². The smallest absolute Gasteiger partial charge is 0.245 e. The van der Waals surface area contributed by atoms with E-state index in [1.807, 2.05) is 61.5 Å². The van der Waals surface area contributed by atoms with Crippen LogP contribution in [0.2, 0.25) is 0 Å². The number of para-hydroxylation sites is 1. The van der Waals surface area contributed by atoms with Crippen molar-refractivity contribution in [1.29, 1.82) is 0 Å². The number of likely N-dealkylation sites (tertiary alicyclic amines) is 1. The Morgan fingerprint density at radius 1 is 1.10 bits per heavy atom. The Hall–Kier alpha value is -3.44. The minimum absolute atomic E-state index is 0.0947. The van der Waals surface area contributed by atoms with Gasteiger partial charge in [-0.2, -0.15) is 0 Å². The normalized spacial score (nSPS) is 29.5. The second-order valence-corrected chi connectivity index (χ2v) is 13.1. The molecule has 3 aliphatic rings. The van der Waals surface area contributed by atoms with Crippen LogP contribution in [-0.2, 0) is 27.6 Å². The van der Waals surface area contributed by atoms with E-state index in [0.717, 1.165) is 23.0 Å². The highest BCUT2D eigenvalue weighted by molar-refractivity contribution is 8.02. The Morgan fingerprint density at radius 3 is 2.60 bits per heavy atom. The number of aliphatic hydroxyl groups excluding tert-OH is 1. The Labute approximate surface area is 236 Å². The van der Waals surface area contributed by atoms with Crippen LogP contribution in [0, 0.1) is 11.8 Å². The Kier molecular flexibility index (Phi) is 6.82. The van der Waals surface area contributed by atoms with Crippen LogP contribution in [0.15, 0.2) is 54.6 Å². The molecule has 3 amide bonds. The number of hydrogen-bond acceptors (Lipinski definition) is 7. The Bertz CT molecular complexity index is 1440. The van der Waals surface area contributed by atoms with Gasteiger partial charge in [-0.1, -0.05) is 54.6 Å². The number of fused-ring (bicyclic) bond motifs is 2. The van der Waals surface area contributed by atoms with Crippen molar-refractivity contribution < 1.29 is 19.5 Å². The molecule has 10 nitrogen and oxygen atoms in total. The van der Waals surface area contributed by atoms with Crippen molar-refractivity contribution in [3.8, 4) is 0 Å². The number of aromatic nitrogens is 3. The molecule has 4 heterocycles. The summed E-state index contributed by atoms with van der Waals surface area (Å²) in [6.45, 7) is 4.16. The van der Waals surface area contributed by atoms with Crippen molar-refractivity contribution in [3.05, 3.63) is 60.2 Å². The molecule has 3 saturated heterocycles. The molecule has 6 atom stereocenters. The third kappa shape index (κ3) is 4.09. The van der Waals surface area contributed by atoms with E-state index >= 15 is 0 Å². The summed E-state index contributed by atoms with van der Waals surface area (Å²) in [5.74, 6) is -1.90. The van der Waals surface area contributed by atoms with Gasteiger partial charge >= 0.3 is 0 Å². The first-order valence-electron chi connectivity index (χ1n) is 13.8. The molecule has 6 rings (SSSR count). The first-order chi connectivity index (χ1) is 19.3. The van der Waals surface area contributed by atoms with Gasteiger partial charge in [-0.15, -0.1) is 16.9 Å². The summed E-state index contributed by atoms with van der Waals surface area (Å²) >= 11 is 1.62. The van der Waals surface area contributed by atoms with E-state index < -0.39 is 33.4 Å². The highest BCUT2D eigenvalue weighted by Gasteiger charge is 2.77. The predicted octanol–water partition coefficient (Wildman–Crippen LogP) is 2.07. The summed E-state index contributed by atoms with van der Waals surface area (Å²) in [4.78, 5) is 43.5. The van der Waals surface area contributed by atoms with Crippen LogP contribution in [-0.4, -0.2) is 70.9 Å². The van der Waals surface area contributed by atoms with Gasteiger partial charge in [-0.3, -0.25) is 14.4 Å². The number of benzene rings is 2. The van der Waals surface area contributed by atoms with Gasteiger partial charge in [0.25, 0.3) is 0 Å². The first kappa shape index (κ1) is 26.8. The summed E-state index contributed by atoms with van der Waals surface area (Å²) in [5.41, 5.74) is 2.50. The van der Waals surface area contributed by atoms with Gasteiger partial charge in [0.15, 0.2) is 0 Å². The van der Waals surface area contributed by atoms with Gasteiger partial charge in [0, 0.05) is 11.3 Å².